The van der Waals surface area contributed by atoms with E-state index in [1.165, 1.54) is 0 Å². The Kier molecular flexibility index (Phi) is 3.35. The first-order valence-electron chi connectivity index (χ1n) is 3.21. The molecule has 0 aromatic heterocycles. The molecule has 0 rings (SSSR count). The summed E-state index contributed by atoms with van der Waals surface area (Å²) in [7, 11) is -8.26. The van der Waals surface area contributed by atoms with Crippen LogP contribution in [-0.2, 0) is 4.12 Å². The molecular formula is C4H10O7Si2. The van der Waals surface area contributed by atoms with Gasteiger partial charge in [-0.1, -0.05) is 0 Å². The monoisotopic (exact) mass is 226 g/mol. The van der Waals surface area contributed by atoms with Gasteiger partial charge in [-0.05, 0) is 13.1 Å². The Morgan fingerprint density at radius 1 is 1.00 bits per heavy atom. The highest BCUT2D eigenvalue weighted by molar-refractivity contribution is 7.04. The van der Waals surface area contributed by atoms with Crippen molar-refractivity contribution in [2.24, 2.45) is 0 Å². The molecule has 7 nitrogen and oxygen atoms in total. The van der Waals surface area contributed by atoms with Gasteiger partial charge in [-0.2, -0.15) is 0 Å². The van der Waals surface area contributed by atoms with Crippen LogP contribution in [0.3, 0.4) is 0 Å². The molecule has 2 atom stereocenters. The van der Waals surface area contributed by atoms with Gasteiger partial charge in [-0.25, -0.2) is 0 Å². The number of hydrogen-bond donors (Lipinski definition) is 4. The van der Waals surface area contributed by atoms with E-state index in [0.29, 0.717) is 0 Å². The zero-order valence-electron chi connectivity index (χ0n) is 7.01. The quantitative estimate of drug-likeness (QED) is 0.483. The predicted octanol–water partition coefficient (Wildman–Crippen LogP) is -0.349. The third-order valence-corrected chi connectivity index (χ3v) is 5.96. The van der Waals surface area contributed by atoms with Gasteiger partial charge >= 0.3 is 28.3 Å². The average molecular weight is 226 g/mol. The second-order valence-corrected chi connectivity index (χ2v) is 8.28. The van der Waals surface area contributed by atoms with Crippen LogP contribution in [0.25, 0.3) is 0 Å². The van der Waals surface area contributed by atoms with Gasteiger partial charge in [0, 0.05) is 0 Å². The molecule has 0 aliphatic carbocycles. The molecule has 76 valence electrons. The molecule has 0 bridgehead atoms. The standard InChI is InChI=1S/C4H10O7Si2/c1-12(9,3(5)6)11-13(2,10)4(7)8/h9-10H,1-2H3,(H,5,6)(H,7,8). The van der Waals surface area contributed by atoms with Gasteiger partial charge in [-0.3, -0.25) is 9.59 Å². The lowest BCUT2D eigenvalue weighted by Crippen LogP contribution is -2.57. The second-order valence-electron chi connectivity index (χ2n) is 2.68. The number of hydrogen-bond acceptors (Lipinski definition) is 5. The van der Waals surface area contributed by atoms with E-state index in [-0.39, 0.29) is 0 Å². The van der Waals surface area contributed by atoms with Crippen molar-refractivity contribution in [3.05, 3.63) is 0 Å². The Balaban J connectivity index is 4.61. The summed E-state index contributed by atoms with van der Waals surface area (Å²) in [4.78, 5) is 38.9. The van der Waals surface area contributed by atoms with Gasteiger partial charge in [-0.15, -0.1) is 0 Å². The van der Waals surface area contributed by atoms with E-state index in [4.69, 9.17) is 19.8 Å². The summed E-state index contributed by atoms with van der Waals surface area (Å²) in [6.45, 7) is 1.75. The molecule has 0 aromatic carbocycles. The summed E-state index contributed by atoms with van der Waals surface area (Å²) in [6.07, 6.45) is 0. The Morgan fingerprint density at radius 2 is 1.23 bits per heavy atom. The highest BCUT2D eigenvalue weighted by atomic mass is 28.5. The van der Waals surface area contributed by atoms with Crippen molar-refractivity contribution in [2.75, 3.05) is 0 Å². The molecule has 0 aromatic rings. The van der Waals surface area contributed by atoms with Crippen molar-refractivity contribution in [1.82, 2.24) is 0 Å². The molecule has 13 heavy (non-hydrogen) atoms. The Hall–Kier alpha value is -0.746. The maximum Gasteiger partial charge on any atom is 0.448 e. The zero-order valence-corrected chi connectivity index (χ0v) is 9.01. The molecular weight excluding hydrogens is 216 g/mol. The minimum Gasteiger partial charge on any atom is -0.481 e. The van der Waals surface area contributed by atoms with Crippen molar-refractivity contribution in [2.45, 2.75) is 13.1 Å². The van der Waals surface area contributed by atoms with Crippen LogP contribution in [0.4, 0.5) is 9.59 Å². The summed E-state index contributed by atoms with van der Waals surface area (Å²) < 4.78 is 4.34. The third-order valence-electron chi connectivity index (χ3n) is 1.19. The van der Waals surface area contributed by atoms with Gasteiger partial charge in [0.15, 0.2) is 0 Å². The Bertz CT molecular complexity index is 211. The first-order chi connectivity index (χ1) is 5.59. The van der Waals surface area contributed by atoms with Gasteiger partial charge in [0.2, 0.25) is 0 Å². The highest BCUT2D eigenvalue weighted by Crippen LogP contribution is 2.11. The van der Waals surface area contributed by atoms with Crippen LogP contribution in [0.5, 0.6) is 0 Å². The third kappa shape index (κ3) is 3.24. The van der Waals surface area contributed by atoms with Crippen LogP contribution >= 0.6 is 0 Å². The van der Waals surface area contributed by atoms with Crippen LogP contribution in [-0.4, -0.2) is 48.1 Å². The molecule has 0 amide bonds. The fourth-order valence-corrected chi connectivity index (χ4v) is 4.27. The normalized spacial score (nSPS) is 20.0. The number of rotatable bonds is 4. The molecule has 0 fully saturated rings. The number of carbonyl (C=O) groups is 2. The molecule has 0 aliphatic heterocycles. The maximum atomic E-state index is 10.3. The van der Waals surface area contributed by atoms with E-state index in [9.17, 15) is 9.59 Å². The van der Waals surface area contributed by atoms with Gasteiger partial charge in [0.05, 0.1) is 0 Å². The van der Waals surface area contributed by atoms with Crippen molar-refractivity contribution in [1.29, 1.82) is 0 Å². The minimum atomic E-state index is -4.13. The molecule has 2 unspecified atom stereocenters. The summed E-state index contributed by atoms with van der Waals surface area (Å²) in [5.41, 5.74) is -3.25. The van der Waals surface area contributed by atoms with Crippen molar-refractivity contribution in [3.8, 4) is 0 Å². The van der Waals surface area contributed by atoms with E-state index in [2.05, 4.69) is 4.12 Å². The average Bonchev–Trinajstić information content (AvgIpc) is 1.83. The molecule has 0 saturated carbocycles. The lowest BCUT2D eigenvalue weighted by atomic mass is 11.6. The van der Waals surface area contributed by atoms with Crippen molar-refractivity contribution >= 4 is 28.3 Å². The molecule has 0 heterocycles. The van der Waals surface area contributed by atoms with Crippen LogP contribution in [0, 0.1) is 0 Å². The summed E-state index contributed by atoms with van der Waals surface area (Å²) in [5, 5.41) is 16.8. The molecule has 9 heteroatoms. The van der Waals surface area contributed by atoms with E-state index in [1.807, 2.05) is 0 Å². The van der Waals surface area contributed by atoms with Crippen LogP contribution in [0.2, 0.25) is 13.1 Å². The first kappa shape index (κ1) is 12.3. The second kappa shape index (κ2) is 3.55. The fraction of sp³-hybridized carbons (Fsp3) is 0.500. The van der Waals surface area contributed by atoms with E-state index in [1.54, 1.807) is 0 Å². The van der Waals surface area contributed by atoms with Crippen LogP contribution in [0.15, 0.2) is 0 Å². The molecule has 4 N–H and O–H groups in total. The SMILES string of the molecule is C[Si](O)(O[Si](C)(O)C(=O)O)C(=O)O. The molecule has 0 radical (unpaired) electrons. The molecule has 0 saturated heterocycles. The predicted molar refractivity (Wildman–Crippen MR) is 44.8 cm³/mol. The smallest absolute Gasteiger partial charge is 0.448 e. The number of carboxylic acid groups (broad SMARTS) is 2. The topological polar surface area (TPSA) is 124 Å². The summed E-state index contributed by atoms with van der Waals surface area (Å²) in [6, 6.07) is 0. The minimum absolute atomic E-state index is 0.875. The molecule has 0 spiro atoms. The van der Waals surface area contributed by atoms with Crippen molar-refractivity contribution in [3.63, 3.8) is 0 Å². The Morgan fingerprint density at radius 3 is 1.38 bits per heavy atom. The lowest BCUT2D eigenvalue weighted by Gasteiger charge is -2.22. The van der Waals surface area contributed by atoms with Gasteiger partial charge < -0.3 is 23.9 Å². The maximum absolute atomic E-state index is 10.3. The summed E-state index contributed by atoms with van der Waals surface area (Å²) in [5.74, 6) is 0. The zero-order chi connectivity index (χ0) is 10.9. The fourth-order valence-electron chi connectivity index (χ4n) is 0.474. The van der Waals surface area contributed by atoms with Gasteiger partial charge in [0.1, 0.15) is 0 Å². The highest BCUT2D eigenvalue weighted by Gasteiger charge is 2.50. The van der Waals surface area contributed by atoms with Crippen molar-refractivity contribution < 1.29 is 33.5 Å². The van der Waals surface area contributed by atoms with Gasteiger partial charge in [0.25, 0.3) is 0 Å². The molecule has 0 aliphatic rings. The first-order valence-corrected chi connectivity index (χ1v) is 7.92. The summed E-state index contributed by atoms with van der Waals surface area (Å²) >= 11 is 0. The largest absolute Gasteiger partial charge is 0.481 e. The van der Waals surface area contributed by atoms with E-state index >= 15 is 0 Å². The van der Waals surface area contributed by atoms with Crippen LogP contribution in [0.1, 0.15) is 0 Å². The van der Waals surface area contributed by atoms with Crippen LogP contribution < -0.4 is 0 Å². The Labute approximate surface area is 75.7 Å². The lowest BCUT2D eigenvalue weighted by molar-refractivity contribution is 0.190. The van der Waals surface area contributed by atoms with E-state index in [0.717, 1.165) is 13.1 Å². The van der Waals surface area contributed by atoms with E-state index < -0.39 is 28.3 Å².